The van der Waals surface area contributed by atoms with Crippen LogP contribution < -0.4 is 10.9 Å². The molecule has 156 valence electrons. The summed E-state index contributed by atoms with van der Waals surface area (Å²) in [5.74, 6) is 0.457. The number of hydrogen-bond donors (Lipinski definition) is 1. The van der Waals surface area contributed by atoms with Crippen molar-refractivity contribution in [3.8, 4) is 0 Å². The van der Waals surface area contributed by atoms with Crippen molar-refractivity contribution in [3.05, 3.63) is 53.1 Å². The molecule has 3 rings (SSSR count). The first-order valence-electron chi connectivity index (χ1n) is 9.97. The van der Waals surface area contributed by atoms with Gasteiger partial charge in [-0.2, -0.15) is 0 Å². The van der Waals surface area contributed by atoms with Gasteiger partial charge in [0.15, 0.2) is 9.84 Å². The average Bonchev–Trinajstić information content (AvgIpc) is 3.20. The lowest BCUT2D eigenvalue weighted by Crippen LogP contribution is -2.34. The number of aromatic nitrogens is 2. The maximum atomic E-state index is 13.0. The number of carbonyl (C=O) groups excluding carboxylic acids is 1. The highest BCUT2D eigenvalue weighted by molar-refractivity contribution is 7.92. The van der Waals surface area contributed by atoms with Crippen LogP contribution in [0.1, 0.15) is 52.0 Å². The van der Waals surface area contributed by atoms with E-state index >= 15 is 0 Å². The van der Waals surface area contributed by atoms with Gasteiger partial charge in [0.25, 0.3) is 5.56 Å². The second kappa shape index (κ2) is 8.90. The molecule has 2 heterocycles. The molecule has 0 spiro atoms. The van der Waals surface area contributed by atoms with Crippen molar-refractivity contribution >= 4 is 21.6 Å². The molecule has 1 aliphatic carbocycles. The molecule has 1 saturated carbocycles. The van der Waals surface area contributed by atoms with E-state index in [9.17, 15) is 18.0 Å². The average molecular weight is 418 g/mol. The van der Waals surface area contributed by atoms with Gasteiger partial charge in [-0.1, -0.05) is 31.7 Å². The number of pyridine rings is 2. The van der Waals surface area contributed by atoms with Crippen molar-refractivity contribution in [2.45, 2.75) is 62.1 Å². The van der Waals surface area contributed by atoms with Crippen molar-refractivity contribution in [1.29, 1.82) is 0 Å². The van der Waals surface area contributed by atoms with Crippen LogP contribution in [0.2, 0.25) is 0 Å². The van der Waals surface area contributed by atoms with Gasteiger partial charge in [-0.15, -0.1) is 0 Å². The zero-order valence-electron chi connectivity index (χ0n) is 16.7. The van der Waals surface area contributed by atoms with Gasteiger partial charge < -0.3 is 9.88 Å². The minimum absolute atomic E-state index is 0.0153. The summed E-state index contributed by atoms with van der Waals surface area (Å²) in [4.78, 5) is 29.9. The van der Waals surface area contributed by atoms with Crippen molar-refractivity contribution in [1.82, 2.24) is 9.55 Å². The Balaban J connectivity index is 1.93. The summed E-state index contributed by atoms with van der Waals surface area (Å²) >= 11 is 0. The number of nitrogens with zero attached hydrogens (tertiary/aromatic N) is 2. The Kier molecular flexibility index (Phi) is 6.52. The van der Waals surface area contributed by atoms with Crippen LogP contribution in [0.15, 0.2) is 52.4 Å². The first-order valence-corrected chi connectivity index (χ1v) is 11.5. The molecule has 8 heteroatoms. The number of nitrogens with one attached hydrogen (secondary N) is 1. The monoisotopic (exact) mass is 417 g/mol. The highest BCUT2D eigenvalue weighted by Crippen LogP contribution is 2.32. The molecule has 29 heavy (non-hydrogen) atoms. The van der Waals surface area contributed by atoms with Crippen molar-refractivity contribution < 1.29 is 13.2 Å². The van der Waals surface area contributed by atoms with Crippen molar-refractivity contribution in [3.63, 3.8) is 0 Å². The van der Waals surface area contributed by atoms with Crippen LogP contribution in [0.5, 0.6) is 0 Å². The summed E-state index contributed by atoms with van der Waals surface area (Å²) in [7, 11) is -3.56. The minimum atomic E-state index is -3.56. The molecule has 0 radical (unpaired) electrons. The summed E-state index contributed by atoms with van der Waals surface area (Å²) in [6.45, 7) is 3.15. The Morgan fingerprint density at radius 2 is 1.97 bits per heavy atom. The van der Waals surface area contributed by atoms with Gasteiger partial charge in [-0.05, 0) is 44.4 Å². The number of hydrogen-bond acceptors (Lipinski definition) is 5. The number of sulfone groups is 1. The molecule has 1 atom stereocenters. The SMILES string of the molecule is CC(C)S(=O)(=O)c1ccn([C@@H](CC2CCCC2)C(=O)Nc2ccccn2)c(=O)c1. The molecule has 0 bridgehead atoms. The maximum Gasteiger partial charge on any atom is 0.252 e. The molecule has 7 nitrogen and oxygen atoms in total. The molecule has 1 aliphatic rings. The van der Waals surface area contributed by atoms with Gasteiger partial charge in [0.1, 0.15) is 11.9 Å². The fraction of sp³-hybridized carbons (Fsp3) is 0.476. The topological polar surface area (TPSA) is 98.1 Å². The minimum Gasteiger partial charge on any atom is -0.309 e. The van der Waals surface area contributed by atoms with Crippen molar-refractivity contribution in [2.24, 2.45) is 5.92 Å². The second-order valence-corrected chi connectivity index (χ2v) is 10.3. The fourth-order valence-corrected chi connectivity index (χ4v) is 4.79. The molecular weight excluding hydrogens is 390 g/mol. The molecule has 0 aliphatic heterocycles. The largest absolute Gasteiger partial charge is 0.309 e. The van der Waals surface area contributed by atoms with Gasteiger partial charge in [0.05, 0.1) is 10.1 Å². The zero-order valence-corrected chi connectivity index (χ0v) is 17.6. The van der Waals surface area contributed by atoms with E-state index in [0.29, 0.717) is 18.2 Å². The molecule has 2 aromatic heterocycles. The number of rotatable bonds is 7. The van der Waals surface area contributed by atoms with Crippen LogP contribution in [0.4, 0.5) is 5.82 Å². The molecule has 1 N–H and O–H groups in total. The molecular formula is C21H27N3O4S. The number of carbonyl (C=O) groups is 1. The molecule has 0 saturated heterocycles. The van der Waals surface area contributed by atoms with E-state index in [1.54, 1.807) is 38.2 Å². The lowest BCUT2D eigenvalue weighted by molar-refractivity contribution is -0.119. The van der Waals surface area contributed by atoms with E-state index in [2.05, 4.69) is 10.3 Å². The third-order valence-corrected chi connectivity index (χ3v) is 7.61. The Morgan fingerprint density at radius 1 is 1.24 bits per heavy atom. The molecule has 2 aromatic rings. The predicted octanol–water partition coefficient (Wildman–Crippen LogP) is 3.19. The van der Waals surface area contributed by atoms with E-state index < -0.39 is 26.7 Å². The smallest absolute Gasteiger partial charge is 0.252 e. The lowest BCUT2D eigenvalue weighted by atomic mass is 9.97. The number of amides is 1. The van der Waals surface area contributed by atoms with E-state index in [-0.39, 0.29) is 10.8 Å². The van der Waals surface area contributed by atoms with Gasteiger partial charge in [-0.25, -0.2) is 13.4 Å². The Morgan fingerprint density at radius 3 is 2.55 bits per heavy atom. The van der Waals surface area contributed by atoms with Crippen LogP contribution in [0, 0.1) is 5.92 Å². The third-order valence-electron chi connectivity index (χ3n) is 5.45. The second-order valence-electron chi connectivity index (χ2n) is 7.81. The summed E-state index contributed by atoms with van der Waals surface area (Å²) in [5.41, 5.74) is -0.495. The summed E-state index contributed by atoms with van der Waals surface area (Å²) in [6.07, 6.45) is 7.85. The molecule has 1 fully saturated rings. The Hall–Kier alpha value is -2.48. The standard InChI is InChI=1S/C21H27N3O4S/c1-15(2)29(27,28)17-10-12-24(20(25)14-17)18(13-16-7-3-4-8-16)21(26)23-19-9-5-6-11-22-19/h5-6,9-12,14-16,18H,3-4,7-8,13H2,1-2H3,(H,22,23,26)/t18-/m0/s1. The Labute approximate surface area is 171 Å². The first-order chi connectivity index (χ1) is 13.8. The van der Waals surface area contributed by atoms with E-state index in [1.807, 2.05) is 0 Å². The quantitative estimate of drug-likeness (QED) is 0.746. The van der Waals surface area contributed by atoms with Crippen LogP contribution in [0.3, 0.4) is 0 Å². The van der Waals surface area contributed by atoms with E-state index in [1.165, 1.54) is 16.8 Å². The van der Waals surface area contributed by atoms with Gasteiger partial charge in [0.2, 0.25) is 5.91 Å². The summed E-state index contributed by atoms with van der Waals surface area (Å²) < 4.78 is 26.1. The molecule has 0 aromatic carbocycles. The van der Waals surface area contributed by atoms with Crippen LogP contribution >= 0.6 is 0 Å². The van der Waals surface area contributed by atoms with Crippen LogP contribution in [-0.4, -0.2) is 29.1 Å². The van der Waals surface area contributed by atoms with Gasteiger partial charge in [0, 0.05) is 18.5 Å². The van der Waals surface area contributed by atoms with E-state index in [4.69, 9.17) is 0 Å². The highest BCUT2D eigenvalue weighted by atomic mass is 32.2. The molecule has 0 unspecified atom stereocenters. The Bertz CT molecular complexity index is 1010. The van der Waals surface area contributed by atoms with Gasteiger partial charge in [-0.3, -0.25) is 9.59 Å². The maximum absolute atomic E-state index is 13.0. The van der Waals surface area contributed by atoms with Gasteiger partial charge >= 0.3 is 0 Å². The fourth-order valence-electron chi connectivity index (χ4n) is 3.73. The van der Waals surface area contributed by atoms with E-state index in [0.717, 1.165) is 31.7 Å². The predicted molar refractivity (Wildman–Crippen MR) is 112 cm³/mol. The van der Waals surface area contributed by atoms with Crippen LogP contribution in [-0.2, 0) is 14.6 Å². The number of anilines is 1. The summed E-state index contributed by atoms with van der Waals surface area (Å²) in [6, 6.07) is 7.02. The van der Waals surface area contributed by atoms with Crippen LogP contribution in [0.25, 0.3) is 0 Å². The lowest BCUT2D eigenvalue weighted by Gasteiger charge is -2.22. The zero-order chi connectivity index (χ0) is 21.0. The first kappa shape index (κ1) is 21.2. The molecule has 1 amide bonds. The summed E-state index contributed by atoms with van der Waals surface area (Å²) in [5, 5.41) is 2.15. The normalized spacial score (nSPS) is 16.1. The van der Waals surface area contributed by atoms with Crippen molar-refractivity contribution in [2.75, 3.05) is 5.32 Å². The highest BCUT2D eigenvalue weighted by Gasteiger charge is 2.28. The third kappa shape index (κ3) is 4.93.